The molecule has 6 heteroatoms. The third-order valence-electron chi connectivity index (χ3n) is 7.06. The monoisotopic (exact) mass is 502 g/mol. The molecule has 0 aliphatic carbocycles. The summed E-state index contributed by atoms with van der Waals surface area (Å²) >= 11 is 0. The van der Waals surface area contributed by atoms with Crippen molar-refractivity contribution in [2.45, 2.75) is 116 Å². The summed E-state index contributed by atoms with van der Waals surface area (Å²) in [7, 11) is 0. The van der Waals surface area contributed by atoms with Gasteiger partial charge in [0, 0.05) is 11.5 Å². The minimum atomic E-state index is -1.09. The van der Waals surface area contributed by atoms with E-state index in [1.54, 1.807) is 0 Å². The number of hydrogen-bond acceptors (Lipinski definition) is 6. The van der Waals surface area contributed by atoms with Gasteiger partial charge in [0.2, 0.25) is 0 Å². The number of rotatable bonds is 12. The summed E-state index contributed by atoms with van der Waals surface area (Å²) in [6.07, 6.45) is 8.21. The van der Waals surface area contributed by atoms with E-state index < -0.39 is 43.6 Å². The largest absolute Gasteiger partial charge is 0.394 e. The number of allylic oxidation sites excluding steroid dienone is 3. The van der Waals surface area contributed by atoms with Gasteiger partial charge in [-0.25, -0.2) is 0 Å². The quantitative estimate of drug-likeness (QED) is 0.361. The Morgan fingerprint density at radius 2 is 1.72 bits per heavy atom. The molecule has 7 unspecified atom stereocenters. The van der Waals surface area contributed by atoms with E-state index in [4.69, 9.17) is 18.9 Å². The molecule has 0 spiro atoms. The van der Waals surface area contributed by atoms with Crippen LogP contribution in [-0.2, 0) is 25.4 Å². The Kier molecular flexibility index (Phi) is 11.6. The highest BCUT2D eigenvalue weighted by Gasteiger charge is 2.52. The highest BCUT2D eigenvalue weighted by molar-refractivity contribution is 5.24. The average molecular weight is 503 g/mol. The Morgan fingerprint density at radius 3 is 2.33 bits per heavy atom. The molecule has 2 saturated heterocycles. The molecule has 3 rings (SSSR count). The van der Waals surface area contributed by atoms with Crippen LogP contribution in [0.1, 0.15) is 84.1 Å². The summed E-state index contributed by atoms with van der Waals surface area (Å²) in [6.45, 7) is 10.2. The van der Waals surface area contributed by atoms with E-state index in [-0.39, 0.29) is 12.0 Å². The Bertz CT molecular complexity index is 834. The molecule has 0 bridgehead atoms. The van der Waals surface area contributed by atoms with Crippen molar-refractivity contribution in [3.63, 3.8) is 0 Å². The first-order valence-electron chi connectivity index (χ1n) is 13.8. The minimum Gasteiger partial charge on any atom is -0.394 e. The number of benzene rings is 1. The van der Waals surface area contributed by atoms with Crippen LogP contribution in [0.15, 0.2) is 48.1 Å². The van der Waals surface area contributed by atoms with Gasteiger partial charge in [-0.2, -0.15) is 0 Å². The minimum absolute atomic E-state index is 0.00661. The second-order valence-electron chi connectivity index (χ2n) is 10.0. The molecule has 0 amide bonds. The Balaban J connectivity index is 1.83. The summed E-state index contributed by atoms with van der Waals surface area (Å²) in [5.74, 6) is -0.00661. The van der Waals surface area contributed by atoms with Gasteiger partial charge < -0.3 is 29.2 Å². The molecule has 6 nitrogen and oxygen atoms in total. The van der Waals surface area contributed by atoms with Crippen LogP contribution in [0.5, 0.6) is 0 Å². The van der Waals surface area contributed by atoms with Crippen molar-refractivity contribution >= 4 is 0 Å². The molecule has 0 aromatic heterocycles. The topological polar surface area (TPSA) is 77.4 Å². The van der Waals surface area contributed by atoms with E-state index in [1.165, 1.54) is 11.1 Å². The Morgan fingerprint density at radius 1 is 0.972 bits per heavy atom. The third-order valence-corrected chi connectivity index (χ3v) is 7.06. The first-order chi connectivity index (χ1) is 17.4. The molecule has 1 aromatic rings. The zero-order valence-corrected chi connectivity index (χ0v) is 22.6. The summed E-state index contributed by atoms with van der Waals surface area (Å²) < 4.78 is 25.6. The van der Waals surface area contributed by atoms with E-state index in [0.29, 0.717) is 0 Å². The van der Waals surface area contributed by atoms with Crippen LogP contribution in [-0.4, -0.2) is 53.6 Å². The van der Waals surface area contributed by atoms with Gasteiger partial charge in [0.05, 0.1) is 12.7 Å². The van der Waals surface area contributed by atoms with Crippen LogP contribution >= 0.6 is 0 Å². The molecule has 36 heavy (non-hydrogen) atoms. The predicted octanol–water partition coefficient (Wildman–Crippen LogP) is 5.62. The van der Waals surface area contributed by atoms with Crippen LogP contribution in [0.25, 0.3) is 0 Å². The molecule has 0 radical (unpaired) electrons. The van der Waals surface area contributed by atoms with Crippen molar-refractivity contribution in [2.75, 3.05) is 6.61 Å². The standard InChI is InChI=1S/C30H46O6/c1-6-10-21(9-4)14-13-20(5)29-33-25(12-8-3)27-28(36-29)26(24(32)19-31)34-30(35-27)23-17-15-22(11-7-2)16-18-23/h9,13-18,20,24-32H,6-8,10-12,19H2,1-5H3/b14-13-,21-9-/t20?,24-,25?,26?,27?,28?,29?,30?/m0/s1. The summed E-state index contributed by atoms with van der Waals surface area (Å²) in [6, 6.07) is 8.22. The van der Waals surface area contributed by atoms with Crippen molar-refractivity contribution in [1.29, 1.82) is 0 Å². The van der Waals surface area contributed by atoms with Crippen molar-refractivity contribution in [2.24, 2.45) is 5.92 Å². The van der Waals surface area contributed by atoms with Gasteiger partial charge in [-0.3, -0.25) is 0 Å². The highest BCUT2D eigenvalue weighted by atomic mass is 16.8. The maximum atomic E-state index is 10.7. The maximum absolute atomic E-state index is 10.7. The molecule has 0 saturated carbocycles. The van der Waals surface area contributed by atoms with Crippen molar-refractivity contribution in [3.8, 4) is 0 Å². The van der Waals surface area contributed by atoms with Crippen LogP contribution < -0.4 is 0 Å². The van der Waals surface area contributed by atoms with E-state index in [9.17, 15) is 10.2 Å². The van der Waals surface area contributed by atoms with Gasteiger partial charge in [0.25, 0.3) is 0 Å². The smallest absolute Gasteiger partial charge is 0.184 e. The Labute approximate surface area is 217 Å². The first-order valence-corrected chi connectivity index (χ1v) is 13.8. The van der Waals surface area contributed by atoms with Gasteiger partial charge in [-0.1, -0.05) is 95.0 Å². The molecular formula is C30H46O6. The van der Waals surface area contributed by atoms with Crippen LogP contribution in [0.2, 0.25) is 0 Å². The lowest BCUT2D eigenvalue weighted by molar-refractivity contribution is -0.392. The van der Waals surface area contributed by atoms with Gasteiger partial charge in [-0.15, -0.1) is 0 Å². The lowest BCUT2D eigenvalue weighted by Gasteiger charge is -2.51. The van der Waals surface area contributed by atoms with E-state index in [0.717, 1.165) is 44.1 Å². The summed E-state index contributed by atoms with van der Waals surface area (Å²) in [5, 5.41) is 20.6. The lowest BCUT2D eigenvalue weighted by atomic mass is 9.92. The lowest BCUT2D eigenvalue weighted by Crippen LogP contribution is -2.63. The number of aliphatic hydroxyl groups is 2. The normalized spacial score (nSPS) is 30.8. The number of ether oxygens (including phenoxy) is 4. The maximum Gasteiger partial charge on any atom is 0.184 e. The fraction of sp³-hybridized carbons (Fsp3) is 0.667. The summed E-state index contributed by atoms with van der Waals surface area (Å²) in [5.41, 5.74) is 3.43. The van der Waals surface area contributed by atoms with E-state index in [1.807, 2.05) is 12.1 Å². The molecule has 202 valence electrons. The van der Waals surface area contributed by atoms with Crippen LogP contribution in [0.4, 0.5) is 0 Å². The van der Waals surface area contributed by atoms with Crippen LogP contribution in [0, 0.1) is 5.92 Å². The van der Waals surface area contributed by atoms with Gasteiger partial charge >= 0.3 is 0 Å². The van der Waals surface area contributed by atoms with Gasteiger partial charge in [0.1, 0.15) is 24.4 Å². The number of aryl methyl sites for hydroxylation is 1. The SMILES string of the molecule is C/C=C(\C=C/C(C)C1OC(CCC)C2OC(c3ccc(CCC)cc3)OC([C@@H](O)CO)C2O1)CCC. The molecule has 2 aliphatic heterocycles. The van der Waals surface area contributed by atoms with E-state index in [2.05, 4.69) is 65.0 Å². The zero-order chi connectivity index (χ0) is 26.1. The average Bonchev–Trinajstić information content (AvgIpc) is 2.90. The predicted molar refractivity (Wildman–Crippen MR) is 141 cm³/mol. The van der Waals surface area contributed by atoms with Gasteiger partial charge in [0.15, 0.2) is 12.6 Å². The molecule has 2 heterocycles. The fourth-order valence-electron chi connectivity index (χ4n) is 4.99. The second-order valence-corrected chi connectivity index (χ2v) is 10.0. The number of aliphatic hydroxyl groups excluding tert-OH is 2. The van der Waals surface area contributed by atoms with E-state index >= 15 is 0 Å². The van der Waals surface area contributed by atoms with Crippen LogP contribution in [0.3, 0.4) is 0 Å². The first kappa shape index (κ1) is 29.0. The molecule has 2 aliphatic rings. The van der Waals surface area contributed by atoms with Crippen molar-refractivity contribution < 1.29 is 29.2 Å². The fourth-order valence-corrected chi connectivity index (χ4v) is 4.99. The third kappa shape index (κ3) is 7.27. The number of fused-ring (bicyclic) bond motifs is 1. The second kappa shape index (κ2) is 14.4. The molecule has 1 aromatic carbocycles. The zero-order valence-electron chi connectivity index (χ0n) is 22.6. The van der Waals surface area contributed by atoms with Gasteiger partial charge in [-0.05, 0) is 31.7 Å². The number of hydrogen-bond donors (Lipinski definition) is 2. The Hall–Kier alpha value is -1.54. The van der Waals surface area contributed by atoms with Crippen molar-refractivity contribution in [1.82, 2.24) is 0 Å². The molecule has 8 atom stereocenters. The molecular weight excluding hydrogens is 456 g/mol. The molecule has 2 N–H and O–H groups in total. The molecule has 2 fully saturated rings. The summed E-state index contributed by atoms with van der Waals surface area (Å²) in [4.78, 5) is 0. The highest BCUT2D eigenvalue weighted by Crippen LogP contribution is 2.40. The van der Waals surface area contributed by atoms with Crippen molar-refractivity contribution in [3.05, 3.63) is 59.2 Å².